The summed E-state index contributed by atoms with van der Waals surface area (Å²) in [4.78, 5) is 12.7. The van der Waals surface area contributed by atoms with E-state index >= 15 is 0 Å². The van der Waals surface area contributed by atoms with Gasteiger partial charge in [-0.2, -0.15) is 0 Å². The average Bonchev–Trinajstić information content (AvgIpc) is 2.92. The summed E-state index contributed by atoms with van der Waals surface area (Å²) >= 11 is 0. The molecule has 1 nitrogen and oxygen atoms in total. The summed E-state index contributed by atoms with van der Waals surface area (Å²) in [5, 5.41) is 0. The lowest BCUT2D eigenvalue weighted by Crippen LogP contribution is -2.42. The number of fused-ring (bicyclic) bond motifs is 1. The Labute approximate surface area is 128 Å². The second kappa shape index (κ2) is 5.79. The second-order valence-electron chi connectivity index (χ2n) is 7.05. The summed E-state index contributed by atoms with van der Waals surface area (Å²) in [6.07, 6.45) is 8.81. The standard InChI is InChI=1S/C20H26O/c1-3-12-20-13-7-10-17(20)19(18(21)11-14-20)15(2)16-8-5-4-6-9-16/h3-6,8-9,15,17,19H,1,7,10-14H2,2H3. The van der Waals surface area contributed by atoms with Crippen LogP contribution in [0.15, 0.2) is 43.0 Å². The van der Waals surface area contributed by atoms with E-state index in [-0.39, 0.29) is 5.92 Å². The molecule has 0 saturated heterocycles. The molecule has 0 aromatic heterocycles. The topological polar surface area (TPSA) is 17.1 Å². The molecule has 0 radical (unpaired) electrons. The van der Waals surface area contributed by atoms with Gasteiger partial charge >= 0.3 is 0 Å². The number of hydrogen-bond acceptors (Lipinski definition) is 1. The summed E-state index contributed by atoms with van der Waals surface area (Å²) in [7, 11) is 0. The number of carbonyl (C=O) groups is 1. The van der Waals surface area contributed by atoms with E-state index in [1.165, 1.54) is 24.8 Å². The molecule has 0 spiro atoms. The van der Waals surface area contributed by atoms with Gasteiger partial charge in [0.2, 0.25) is 0 Å². The largest absolute Gasteiger partial charge is 0.299 e. The van der Waals surface area contributed by atoms with Gasteiger partial charge in [-0.1, -0.05) is 49.8 Å². The van der Waals surface area contributed by atoms with E-state index in [2.05, 4.69) is 49.9 Å². The van der Waals surface area contributed by atoms with Crippen LogP contribution in [-0.4, -0.2) is 5.78 Å². The van der Waals surface area contributed by atoms with Crippen molar-refractivity contribution in [1.82, 2.24) is 0 Å². The molecule has 1 aromatic rings. The monoisotopic (exact) mass is 282 g/mol. The van der Waals surface area contributed by atoms with E-state index in [9.17, 15) is 4.79 Å². The lowest BCUT2D eigenvalue weighted by Gasteiger charge is -2.45. The van der Waals surface area contributed by atoms with Crippen molar-refractivity contribution in [3.8, 4) is 0 Å². The van der Waals surface area contributed by atoms with Gasteiger partial charge in [-0.3, -0.25) is 4.79 Å². The third-order valence-corrected chi connectivity index (χ3v) is 6.07. The summed E-state index contributed by atoms with van der Waals surface area (Å²) in [6, 6.07) is 10.6. The molecule has 4 unspecified atom stereocenters. The predicted octanol–water partition coefficient (Wildman–Crippen LogP) is 5.13. The van der Waals surface area contributed by atoms with Gasteiger partial charge in [0.15, 0.2) is 0 Å². The molecule has 2 aliphatic rings. The van der Waals surface area contributed by atoms with Crippen LogP contribution in [-0.2, 0) is 4.79 Å². The van der Waals surface area contributed by atoms with E-state index in [0.717, 1.165) is 19.3 Å². The maximum Gasteiger partial charge on any atom is 0.136 e. The zero-order valence-corrected chi connectivity index (χ0v) is 13.1. The van der Waals surface area contributed by atoms with Crippen LogP contribution in [0, 0.1) is 17.3 Å². The molecule has 0 aliphatic heterocycles. The minimum Gasteiger partial charge on any atom is -0.299 e. The highest BCUT2D eigenvalue weighted by atomic mass is 16.1. The minimum absolute atomic E-state index is 0.212. The van der Waals surface area contributed by atoms with Crippen LogP contribution in [0.4, 0.5) is 0 Å². The zero-order chi connectivity index (χ0) is 14.9. The first-order chi connectivity index (χ1) is 10.2. The van der Waals surface area contributed by atoms with Gasteiger partial charge in [0.1, 0.15) is 5.78 Å². The molecule has 2 saturated carbocycles. The van der Waals surface area contributed by atoms with Gasteiger partial charge in [-0.15, -0.1) is 6.58 Å². The van der Waals surface area contributed by atoms with Crippen molar-refractivity contribution in [2.24, 2.45) is 17.3 Å². The Balaban J connectivity index is 1.92. The Kier molecular flexibility index (Phi) is 4.01. The van der Waals surface area contributed by atoms with Crippen LogP contribution >= 0.6 is 0 Å². The molecule has 2 aliphatic carbocycles. The van der Waals surface area contributed by atoms with Gasteiger partial charge in [0.05, 0.1) is 0 Å². The van der Waals surface area contributed by atoms with Crippen LogP contribution < -0.4 is 0 Å². The van der Waals surface area contributed by atoms with Crippen LogP contribution in [0.3, 0.4) is 0 Å². The first-order valence-corrected chi connectivity index (χ1v) is 8.36. The van der Waals surface area contributed by atoms with Crippen molar-refractivity contribution in [1.29, 1.82) is 0 Å². The highest BCUT2D eigenvalue weighted by Crippen LogP contribution is 2.58. The van der Waals surface area contributed by atoms with Gasteiger partial charge < -0.3 is 0 Å². The lowest BCUT2D eigenvalue weighted by molar-refractivity contribution is -0.131. The van der Waals surface area contributed by atoms with Crippen LogP contribution in [0.1, 0.15) is 56.9 Å². The minimum atomic E-state index is 0.212. The number of ketones is 1. The molecule has 112 valence electrons. The number of Topliss-reactive ketones (excluding diaryl/α,β-unsaturated/α-hetero) is 1. The maximum absolute atomic E-state index is 12.7. The van der Waals surface area contributed by atoms with E-state index in [4.69, 9.17) is 0 Å². The van der Waals surface area contributed by atoms with Crippen LogP contribution in [0.2, 0.25) is 0 Å². The fourth-order valence-corrected chi connectivity index (χ4v) is 5.03. The van der Waals surface area contributed by atoms with E-state index < -0.39 is 0 Å². The van der Waals surface area contributed by atoms with Crippen molar-refractivity contribution >= 4 is 5.78 Å². The summed E-state index contributed by atoms with van der Waals surface area (Å²) < 4.78 is 0. The number of benzene rings is 1. The third-order valence-electron chi connectivity index (χ3n) is 6.07. The first-order valence-electron chi connectivity index (χ1n) is 8.36. The molecule has 0 amide bonds. The Morgan fingerprint density at radius 3 is 2.81 bits per heavy atom. The van der Waals surface area contributed by atoms with Crippen LogP contribution in [0.25, 0.3) is 0 Å². The second-order valence-corrected chi connectivity index (χ2v) is 7.05. The maximum atomic E-state index is 12.7. The Morgan fingerprint density at radius 1 is 1.33 bits per heavy atom. The molecule has 0 bridgehead atoms. The molecule has 21 heavy (non-hydrogen) atoms. The van der Waals surface area contributed by atoms with Gasteiger partial charge in [0, 0.05) is 12.3 Å². The van der Waals surface area contributed by atoms with Crippen molar-refractivity contribution in [3.05, 3.63) is 48.6 Å². The van der Waals surface area contributed by atoms with E-state index in [0.29, 0.717) is 23.0 Å². The summed E-state index contributed by atoms with van der Waals surface area (Å²) in [6.45, 7) is 6.22. The van der Waals surface area contributed by atoms with E-state index in [1.54, 1.807) is 0 Å². The van der Waals surface area contributed by atoms with Crippen molar-refractivity contribution in [2.45, 2.75) is 51.4 Å². The quantitative estimate of drug-likeness (QED) is 0.699. The van der Waals surface area contributed by atoms with E-state index in [1.807, 2.05) is 0 Å². The third kappa shape index (κ3) is 2.47. The number of carbonyl (C=O) groups excluding carboxylic acids is 1. The number of hydrogen-bond donors (Lipinski definition) is 0. The molecule has 0 N–H and O–H groups in total. The summed E-state index contributed by atoms with van der Waals surface area (Å²) in [5.41, 5.74) is 1.68. The summed E-state index contributed by atoms with van der Waals surface area (Å²) in [5.74, 6) is 1.61. The van der Waals surface area contributed by atoms with Crippen molar-refractivity contribution < 1.29 is 4.79 Å². The molecular weight excluding hydrogens is 256 g/mol. The smallest absolute Gasteiger partial charge is 0.136 e. The molecular formula is C20H26O. The van der Waals surface area contributed by atoms with Crippen molar-refractivity contribution in [2.75, 3.05) is 0 Å². The SMILES string of the molecule is C=CCC12CCCC1C(C(C)c1ccccc1)C(=O)CC2. The molecule has 2 fully saturated rings. The predicted molar refractivity (Wildman–Crippen MR) is 87.2 cm³/mol. The van der Waals surface area contributed by atoms with Gasteiger partial charge in [-0.05, 0) is 48.5 Å². The molecule has 1 aromatic carbocycles. The van der Waals surface area contributed by atoms with Crippen LogP contribution in [0.5, 0.6) is 0 Å². The lowest BCUT2D eigenvalue weighted by atomic mass is 9.58. The first kappa shape index (κ1) is 14.6. The highest BCUT2D eigenvalue weighted by molar-refractivity contribution is 5.83. The molecule has 4 atom stereocenters. The Bertz CT molecular complexity index is 518. The molecule has 3 rings (SSSR count). The average molecular weight is 282 g/mol. The molecule has 1 heteroatoms. The van der Waals surface area contributed by atoms with Gasteiger partial charge in [-0.25, -0.2) is 0 Å². The number of rotatable bonds is 4. The zero-order valence-electron chi connectivity index (χ0n) is 13.1. The fraction of sp³-hybridized carbons (Fsp3) is 0.550. The Morgan fingerprint density at radius 2 is 2.10 bits per heavy atom. The highest BCUT2D eigenvalue weighted by Gasteiger charge is 2.52. The fourth-order valence-electron chi connectivity index (χ4n) is 5.03. The normalized spacial score (nSPS) is 33.5. The molecule has 0 heterocycles. The number of allylic oxidation sites excluding steroid dienone is 1. The Hall–Kier alpha value is -1.37. The van der Waals surface area contributed by atoms with Gasteiger partial charge in [0.25, 0.3) is 0 Å². The van der Waals surface area contributed by atoms with Crippen molar-refractivity contribution in [3.63, 3.8) is 0 Å².